The van der Waals surface area contributed by atoms with Crippen molar-refractivity contribution in [2.45, 2.75) is 0 Å². The van der Waals surface area contributed by atoms with Crippen LogP contribution in [0.15, 0.2) is 24.3 Å². The zero-order valence-electron chi connectivity index (χ0n) is 7.11. The van der Waals surface area contributed by atoms with Gasteiger partial charge in [0.15, 0.2) is 0 Å². The monoisotopic (exact) mass is 194 g/mol. The summed E-state index contributed by atoms with van der Waals surface area (Å²) >= 11 is 0. The van der Waals surface area contributed by atoms with Crippen LogP contribution in [0.4, 0.5) is 4.39 Å². The Kier molecular flexibility index (Phi) is 3.12. The van der Waals surface area contributed by atoms with Crippen molar-refractivity contribution in [1.82, 2.24) is 0 Å². The largest absolute Gasteiger partial charge is 0.478 e. The summed E-state index contributed by atoms with van der Waals surface area (Å²) in [7, 11) is 0. The molecule has 0 saturated heterocycles. The molecule has 0 heterocycles. The summed E-state index contributed by atoms with van der Waals surface area (Å²) in [6, 6.07) is 3.27. The molecule has 0 saturated carbocycles. The van der Waals surface area contributed by atoms with Gasteiger partial charge in [-0.15, -0.1) is 0 Å². The molecule has 0 unspecified atom stereocenters. The molecule has 0 bridgehead atoms. The highest BCUT2D eigenvalue weighted by Crippen LogP contribution is 2.12. The first kappa shape index (κ1) is 10.1. The molecule has 1 aromatic rings. The van der Waals surface area contributed by atoms with Crippen LogP contribution >= 0.6 is 0 Å². The van der Waals surface area contributed by atoms with Crippen molar-refractivity contribution in [1.29, 1.82) is 0 Å². The smallest absolute Gasteiger partial charge is 0.336 e. The molecule has 0 aromatic heterocycles. The fourth-order valence-electron chi connectivity index (χ4n) is 1.01. The second-order valence-electron chi connectivity index (χ2n) is 2.53. The van der Waals surface area contributed by atoms with E-state index in [4.69, 9.17) is 5.11 Å². The van der Waals surface area contributed by atoms with E-state index in [0.29, 0.717) is 6.29 Å². The quantitative estimate of drug-likeness (QED) is 0.589. The summed E-state index contributed by atoms with van der Waals surface area (Å²) in [4.78, 5) is 20.7. The predicted octanol–water partition coefficient (Wildman–Crippen LogP) is 1.74. The second-order valence-corrected chi connectivity index (χ2v) is 2.53. The Labute approximate surface area is 79.5 Å². The predicted molar refractivity (Wildman–Crippen MR) is 48.5 cm³/mol. The molecule has 72 valence electrons. The number of carbonyl (C=O) groups excluding carboxylic acids is 1. The van der Waals surface area contributed by atoms with E-state index in [1.165, 1.54) is 6.08 Å². The van der Waals surface area contributed by atoms with Crippen LogP contribution < -0.4 is 0 Å². The molecule has 0 aliphatic rings. The molecule has 1 rings (SSSR count). The lowest BCUT2D eigenvalue weighted by atomic mass is 10.1. The van der Waals surface area contributed by atoms with Gasteiger partial charge in [-0.2, -0.15) is 0 Å². The van der Waals surface area contributed by atoms with Crippen LogP contribution in [-0.4, -0.2) is 17.4 Å². The third-order valence-electron chi connectivity index (χ3n) is 1.60. The standard InChI is InChI=1S/C10H7FO3/c11-8-3-4-9(10(13)14)7(6-8)2-1-5-12/h1-6H,(H,13,14). The molecule has 3 nitrogen and oxygen atoms in total. The summed E-state index contributed by atoms with van der Waals surface area (Å²) in [6.45, 7) is 0. The molecule has 1 N–H and O–H groups in total. The Morgan fingerprint density at radius 3 is 2.71 bits per heavy atom. The van der Waals surface area contributed by atoms with E-state index in [9.17, 15) is 14.0 Å². The molecule has 4 heteroatoms. The van der Waals surface area contributed by atoms with Crippen LogP contribution in [-0.2, 0) is 4.79 Å². The fourth-order valence-corrected chi connectivity index (χ4v) is 1.01. The number of carboxylic acid groups (broad SMARTS) is 1. The second kappa shape index (κ2) is 4.32. The molecular weight excluding hydrogens is 187 g/mol. The van der Waals surface area contributed by atoms with Gasteiger partial charge in [0, 0.05) is 0 Å². The minimum Gasteiger partial charge on any atom is -0.478 e. The average molecular weight is 194 g/mol. The third-order valence-corrected chi connectivity index (χ3v) is 1.60. The van der Waals surface area contributed by atoms with Crippen LogP contribution in [0.2, 0.25) is 0 Å². The maximum Gasteiger partial charge on any atom is 0.336 e. The first-order chi connectivity index (χ1) is 6.65. The van der Waals surface area contributed by atoms with Gasteiger partial charge in [0.2, 0.25) is 0 Å². The highest BCUT2D eigenvalue weighted by atomic mass is 19.1. The highest BCUT2D eigenvalue weighted by Gasteiger charge is 2.07. The van der Waals surface area contributed by atoms with Gasteiger partial charge in [0.25, 0.3) is 0 Å². The van der Waals surface area contributed by atoms with E-state index in [1.807, 2.05) is 0 Å². The van der Waals surface area contributed by atoms with E-state index in [0.717, 1.165) is 24.3 Å². The lowest BCUT2D eigenvalue weighted by Crippen LogP contribution is -1.99. The first-order valence-electron chi connectivity index (χ1n) is 3.80. The van der Waals surface area contributed by atoms with Gasteiger partial charge < -0.3 is 5.11 Å². The van der Waals surface area contributed by atoms with Gasteiger partial charge in [0.05, 0.1) is 5.56 Å². The molecule has 0 atom stereocenters. The summed E-state index contributed by atoms with van der Waals surface area (Å²) in [5.74, 6) is -1.70. The van der Waals surface area contributed by atoms with Crippen LogP contribution in [0.25, 0.3) is 6.08 Å². The number of hydrogen-bond donors (Lipinski definition) is 1. The van der Waals surface area contributed by atoms with Gasteiger partial charge in [-0.1, -0.05) is 6.08 Å². The molecule has 0 radical (unpaired) electrons. The lowest BCUT2D eigenvalue weighted by molar-refractivity contribution is -0.104. The van der Waals surface area contributed by atoms with Crippen molar-refractivity contribution >= 4 is 18.3 Å². The minimum atomic E-state index is -1.16. The van der Waals surface area contributed by atoms with Crippen LogP contribution in [0.1, 0.15) is 15.9 Å². The summed E-state index contributed by atoms with van der Waals surface area (Å²) in [6.07, 6.45) is 2.86. The molecular formula is C10H7FO3. The Bertz CT molecular complexity index is 396. The molecule has 0 spiro atoms. The third kappa shape index (κ3) is 2.26. The number of carboxylic acids is 1. The normalized spacial score (nSPS) is 10.4. The van der Waals surface area contributed by atoms with Crippen LogP contribution in [0, 0.1) is 5.82 Å². The van der Waals surface area contributed by atoms with Crippen molar-refractivity contribution in [3.05, 3.63) is 41.2 Å². The summed E-state index contributed by atoms with van der Waals surface area (Å²) in [5.41, 5.74) is 0.133. The maximum atomic E-state index is 12.7. The topological polar surface area (TPSA) is 54.4 Å². The van der Waals surface area contributed by atoms with Gasteiger partial charge in [-0.25, -0.2) is 9.18 Å². The number of aldehydes is 1. The van der Waals surface area contributed by atoms with Gasteiger partial charge in [-0.3, -0.25) is 4.79 Å². The van der Waals surface area contributed by atoms with Gasteiger partial charge >= 0.3 is 5.97 Å². The first-order valence-corrected chi connectivity index (χ1v) is 3.80. The van der Waals surface area contributed by atoms with Gasteiger partial charge in [-0.05, 0) is 29.8 Å². The van der Waals surface area contributed by atoms with Gasteiger partial charge in [0.1, 0.15) is 12.1 Å². The van der Waals surface area contributed by atoms with E-state index in [-0.39, 0.29) is 11.1 Å². The van der Waals surface area contributed by atoms with Crippen molar-refractivity contribution in [2.24, 2.45) is 0 Å². The van der Waals surface area contributed by atoms with E-state index in [2.05, 4.69) is 0 Å². The Hall–Kier alpha value is -1.97. The fraction of sp³-hybridized carbons (Fsp3) is 0. The molecule has 0 aliphatic carbocycles. The molecule has 1 aromatic carbocycles. The number of benzene rings is 1. The van der Waals surface area contributed by atoms with Crippen molar-refractivity contribution < 1.29 is 19.1 Å². The summed E-state index contributed by atoms with van der Waals surface area (Å²) in [5, 5.41) is 8.71. The number of hydrogen-bond acceptors (Lipinski definition) is 2. The Morgan fingerprint density at radius 2 is 2.14 bits per heavy atom. The van der Waals surface area contributed by atoms with Crippen LogP contribution in [0.3, 0.4) is 0 Å². The minimum absolute atomic E-state index is 0.0375. The number of halogens is 1. The van der Waals surface area contributed by atoms with Crippen molar-refractivity contribution in [2.75, 3.05) is 0 Å². The lowest BCUT2D eigenvalue weighted by Gasteiger charge is -1.99. The average Bonchev–Trinajstić information content (AvgIpc) is 2.14. The zero-order valence-corrected chi connectivity index (χ0v) is 7.11. The van der Waals surface area contributed by atoms with E-state index in [1.54, 1.807) is 0 Å². The molecule has 0 fully saturated rings. The van der Waals surface area contributed by atoms with Crippen LogP contribution in [0.5, 0.6) is 0 Å². The molecule has 0 amide bonds. The zero-order chi connectivity index (χ0) is 10.6. The SMILES string of the molecule is O=CC=Cc1cc(F)ccc1C(=O)O. The highest BCUT2D eigenvalue weighted by molar-refractivity contribution is 5.93. The maximum absolute atomic E-state index is 12.7. The molecule has 0 aliphatic heterocycles. The Balaban J connectivity index is 3.22. The van der Waals surface area contributed by atoms with Crippen molar-refractivity contribution in [3.8, 4) is 0 Å². The molecule has 14 heavy (non-hydrogen) atoms. The number of aromatic carboxylic acids is 1. The van der Waals surface area contributed by atoms with E-state index >= 15 is 0 Å². The number of carbonyl (C=O) groups is 2. The Morgan fingerprint density at radius 1 is 1.43 bits per heavy atom. The van der Waals surface area contributed by atoms with Crippen molar-refractivity contribution in [3.63, 3.8) is 0 Å². The number of allylic oxidation sites excluding steroid dienone is 1. The van der Waals surface area contributed by atoms with E-state index < -0.39 is 11.8 Å². The number of rotatable bonds is 3. The summed E-state index contributed by atoms with van der Waals surface area (Å²) < 4.78 is 12.7.